The molecule has 0 bridgehead atoms. The minimum atomic E-state index is -0.482. The maximum absolute atomic E-state index is 10.2. The molecular weight excluding hydrogens is 391 g/mol. The van der Waals surface area contributed by atoms with Crippen LogP contribution in [0.2, 0.25) is 0 Å². The molecule has 3 rings (SSSR count). The van der Waals surface area contributed by atoms with Crippen molar-refractivity contribution in [1.82, 2.24) is 15.1 Å². The number of rotatable bonds is 4. The third-order valence-electron chi connectivity index (χ3n) is 5.37. The van der Waals surface area contributed by atoms with E-state index in [-0.39, 0.29) is 24.0 Å². The second kappa shape index (κ2) is 8.15. The monoisotopic (exact) mass is 422 g/mol. The number of halogens is 1. The molecule has 128 valence electrons. The Morgan fingerprint density at radius 1 is 1.23 bits per heavy atom. The van der Waals surface area contributed by atoms with E-state index >= 15 is 0 Å². The van der Waals surface area contributed by atoms with Crippen LogP contribution in [0.15, 0.2) is 4.99 Å². The van der Waals surface area contributed by atoms with Crippen molar-refractivity contribution in [2.45, 2.75) is 44.1 Å². The number of hydrogen-bond acceptors (Lipinski definition) is 3. The minimum absolute atomic E-state index is 0. The molecule has 5 nitrogen and oxygen atoms in total. The van der Waals surface area contributed by atoms with Gasteiger partial charge in [-0.3, -0.25) is 4.99 Å². The van der Waals surface area contributed by atoms with Crippen LogP contribution in [-0.4, -0.2) is 72.8 Å². The van der Waals surface area contributed by atoms with Gasteiger partial charge in [0, 0.05) is 33.2 Å². The van der Waals surface area contributed by atoms with Crippen molar-refractivity contribution >= 4 is 29.9 Å². The SMILES string of the molecule is CN=C(NCC1(O)CCC1)N1CCC(CN2CCCC2)C1.I. The van der Waals surface area contributed by atoms with E-state index in [1.165, 1.54) is 38.9 Å². The van der Waals surface area contributed by atoms with Crippen molar-refractivity contribution in [3.8, 4) is 0 Å². The molecule has 3 fully saturated rings. The van der Waals surface area contributed by atoms with E-state index in [0.29, 0.717) is 6.54 Å². The Kier molecular flexibility index (Phi) is 6.76. The molecule has 2 aliphatic heterocycles. The molecular formula is C16H31IN4O. The topological polar surface area (TPSA) is 51.1 Å². The summed E-state index contributed by atoms with van der Waals surface area (Å²) in [5, 5.41) is 13.6. The zero-order chi connectivity index (χ0) is 14.7. The molecule has 1 unspecified atom stereocenters. The van der Waals surface area contributed by atoms with Gasteiger partial charge in [0.1, 0.15) is 0 Å². The zero-order valence-electron chi connectivity index (χ0n) is 13.8. The van der Waals surface area contributed by atoms with E-state index in [9.17, 15) is 5.11 Å². The van der Waals surface area contributed by atoms with Gasteiger partial charge in [-0.05, 0) is 57.5 Å². The molecule has 2 heterocycles. The van der Waals surface area contributed by atoms with E-state index in [2.05, 4.69) is 20.1 Å². The zero-order valence-corrected chi connectivity index (χ0v) is 16.1. The van der Waals surface area contributed by atoms with Gasteiger partial charge in [0.15, 0.2) is 5.96 Å². The quantitative estimate of drug-likeness (QED) is 0.410. The summed E-state index contributed by atoms with van der Waals surface area (Å²) < 4.78 is 0. The molecule has 6 heteroatoms. The second-order valence-corrected chi connectivity index (χ2v) is 7.09. The van der Waals surface area contributed by atoms with Crippen LogP contribution in [0.5, 0.6) is 0 Å². The Morgan fingerprint density at radius 3 is 2.55 bits per heavy atom. The van der Waals surface area contributed by atoms with Crippen LogP contribution in [0.1, 0.15) is 38.5 Å². The maximum atomic E-state index is 10.2. The van der Waals surface area contributed by atoms with Gasteiger partial charge in [0.2, 0.25) is 0 Å². The lowest BCUT2D eigenvalue weighted by Gasteiger charge is -2.37. The number of nitrogens with one attached hydrogen (secondary N) is 1. The summed E-state index contributed by atoms with van der Waals surface area (Å²) in [5.74, 6) is 1.74. The summed E-state index contributed by atoms with van der Waals surface area (Å²) in [4.78, 5) is 9.38. The maximum Gasteiger partial charge on any atom is 0.193 e. The molecule has 1 aliphatic carbocycles. The molecule has 3 aliphatic rings. The van der Waals surface area contributed by atoms with Crippen molar-refractivity contribution in [3.63, 3.8) is 0 Å². The van der Waals surface area contributed by atoms with Gasteiger partial charge in [-0.2, -0.15) is 0 Å². The van der Waals surface area contributed by atoms with Crippen molar-refractivity contribution in [2.75, 3.05) is 46.3 Å². The van der Waals surface area contributed by atoms with Crippen LogP contribution in [0.25, 0.3) is 0 Å². The number of hydrogen-bond donors (Lipinski definition) is 2. The number of aliphatic hydroxyl groups is 1. The molecule has 1 atom stereocenters. The van der Waals surface area contributed by atoms with Crippen LogP contribution < -0.4 is 5.32 Å². The molecule has 1 saturated carbocycles. The van der Waals surface area contributed by atoms with Crippen molar-refractivity contribution in [2.24, 2.45) is 10.9 Å². The van der Waals surface area contributed by atoms with Crippen LogP contribution in [0.4, 0.5) is 0 Å². The first-order valence-corrected chi connectivity index (χ1v) is 8.59. The van der Waals surface area contributed by atoms with E-state index in [1.807, 2.05) is 7.05 Å². The molecule has 2 saturated heterocycles. The lowest BCUT2D eigenvalue weighted by Crippen LogP contribution is -2.51. The molecule has 0 radical (unpaired) electrons. The predicted octanol–water partition coefficient (Wildman–Crippen LogP) is 1.51. The lowest BCUT2D eigenvalue weighted by atomic mass is 9.80. The van der Waals surface area contributed by atoms with Gasteiger partial charge >= 0.3 is 0 Å². The van der Waals surface area contributed by atoms with Crippen molar-refractivity contribution in [3.05, 3.63) is 0 Å². The van der Waals surface area contributed by atoms with Crippen molar-refractivity contribution in [1.29, 1.82) is 0 Å². The standard InChI is InChI=1S/C16H30N4O.HI/c1-17-15(18-13-16(21)6-4-7-16)20-10-5-14(12-20)11-19-8-2-3-9-19;/h14,21H,2-13H2,1H3,(H,17,18);1H. The third kappa shape index (κ3) is 4.47. The van der Waals surface area contributed by atoms with Crippen LogP contribution in [-0.2, 0) is 0 Å². The number of likely N-dealkylation sites (tertiary alicyclic amines) is 2. The van der Waals surface area contributed by atoms with Crippen molar-refractivity contribution < 1.29 is 5.11 Å². The Balaban J connectivity index is 0.00000176. The smallest absolute Gasteiger partial charge is 0.193 e. The fraction of sp³-hybridized carbons (Fsp3) is 0.938. The van der Waals surface area contributed by atoms with Gasteiger partial charge in [0.05, 0.1) is 5.60 Å². The van der Waals surface area contributed by atoms with Gasteiger partial charge < -0.3 is 20.2 Å². The van der Waals surface area contributed by atoms with Gasteiger partial charge in [-0.15, -0.1) is 24.0 Å². The highest BCUT2D eigenvalue weighted by Crippen LogP contribution is 2.30. The highest BCUT2D eigenvalue weighted by atomic mass is 127. The summed E-state index contributed by atoms with van der Waals surface area (Å²) in [5.41, 5.74) is -0.482. The van der Waals surface area contributed by atoms with E-state index in [1.54, 1.807) is 0 Å². The largest absolute Gasteiger partial charge is 0.388 e. The summed E-state index contributed by atoms with van der Waals surface area (Å²) >= 11 is 0. The van der Waals surface area contributed by atoms with Gasteiger partial charge in [-0.1, -0.05) is 0 Å². The molecule has 22 heavy (non-hydrogen) atoms. The summed E-state index contributed by atoms with van der Waals surface area (Å²) in [6.07, 6.45) is 7.01. The second-order valence-electron chi connectivity index (χ2n) is 7.09. The van der Waals surface area contributed by atoms with Gasteiger partial charge in [0.25, 0.3) is 0 Å². The molecule has 0 aromatic carbocycles. The molecule has 2 N–H and O–H groups in total. The molecule has 0 spiro atoms. The van der Waals surface area contributed by atoms with Gasteiger partial charge in [-0.25, -0.2) is 0 Å². The summed E-state index contributed by atoms with van der Waals surface area (Å²) in [7, 11) is 1.85. The average molecular weight is 422 g/mol. The summed E-state index contributed by atoms with van der Waals surface area (Å²) in [6.45, 7) is 6.67. The Hall–Kier alpha value is -0.0800. The Labute approximate surface area is 151 Å². The number of aliphatic imine (C=N–C) groups is 1. The highest BCUT2D eigenvalue weighted by Gasteiger charge is 2.35. The summed E-state index contributed by atoms with van der Waals surface area (Å²) in [6, 6.07) is 0. The first-order chi connectivity index (χ1) is 10.2. The average Bonchev–Trinajstić information content (AvgIpc) is 3.10. The minimum Gasteiger partial charge on any atom is -0.388 e. The van der Waals surface area contributed by atoms with Crippen LogP contribution >= 0.6 is 24.0 Å². The number of nitrogens with zero attached hydrogens (tertiary/aromatic N) is 3. The predicted molar refractivity (Wildman–Crippen MR) is 101 cm³/mol. The number of guanidine groups is 1. The van der Waals surface area contributed by atoms with Crippen LogP contribution in [0, 0.1) is 5.92 Å². The first kappa shape index (κ1) is 18.3. The first-order valence-electron chi connectivity index (χ1n) is 8.59. The van der Waals surface area contributed by atoms with Crippen LogP contribution in [0.3, 0.4) is 0 Å². The lowest BCUT2D eigenvalue weighted by molar-refractivity contribution is -0.0282. The van der Waals surface area contributed by atoms with E-state index < -0.39 is 5.60 Å². The Morgan fingerprint density at radius 2 is 1.95 bits per heavy atom. The highest BCUT2D eigenvalue weighted by molar-refractivity contribution is 14.0. The fourth-order valence-electron chi connectivity index (χ4n) is 3.84. The van der Waals surface area contributed by atoms with E-state index in [4.69, 9.17) is 0 Å². The molecule has 0 amide bonds. The van der Waals surface area contributed by atoms with E-state index in [0.717, 1.165) is 44.2 Å². The normalized spacial score (nSPS) is 28.4. The fourth-order valence-corrected chi connectivity index (χ4v) is 3.84. The molecule has 0 aromatic heterocycles. The Bertz CT molecular complexity index is 380. The third-order valence-corrected chi connectivity index (χ3v) is 5.37. The molecule has 0 aromatic rings.